The van der Waals surface area contributed by atoms with Crippen molar-refractivity contribution in [2.24, 2.45) is 10.9 Å². The molecule has 0 spiro atoms. The van der Waals surface area contributed by atoms with E-state index in [0.717, 1.165) is 17.8 Å². The summed E-state index contributed by atoms with van der Waals surface area (Å²) in [6, 6.07) is 1.71. The molecule has 118 valence electrons. The number of fused-ring (bicyclic) bond motifs is 1. The summed E-state index contributed by atoms with van der Waals surface area (Å²) in [5.41, 5.74) is 1.44. The van der Waals surface area contributed by atoms with Gasteiger partial charge >= 0.3 is 0 Å². The van der Waals surface area contributed by atoms with Crippen molar-refractivity contribution in [3.63, 3.8) is 0 Å². The van der Waals surface area contributed by atoms with E-state index in [1.165, 1.54) is 0 Å². The minimum atomic E-state index is -0.330. The highest BCUT2D eigenvalue weighted by molar-refractivity contribution is 5.93. The zero-order chi connectivity index (χ0) is 16.2. The number of halogens is 1. The maximum atomic E-state index is 15.0. The van der Waals surface area contributed by atoms with Gasteiger partial charge in [0.2, 0.25) is 0 Å². The van der Waals surface area contributed by atoms with E-state index in [2.05, 4.69) is 21.4 Å². The Labute approximate surface area is 135 Å². The first kappa shape index (κ1) is 15.2. The summed E-state index contributed by atoms with van der Waals surface area (Å²) in [7, 11) is 0. The molecular weight excluding hydrogens is 291 g/mol. The molecule has 5 heteroatoms. The van der Waals surface area contributed by atoms with Gasteiger partial charge in [-0.3, -0.25) is 0 Å². The summed E-state index contributed by atoms with van der Waals surface area (Å²) >= 11 is 0. The lowest BCUT2D eigenvalue weighted by molar-refractivity contribution is 0.616. The molecule has 0 saturated heterocycles. The first-order valence-corrected chi connectivity index (χ1v) is 7.63. The van der Waals surface area contributed by atoms with E-state index in [1.807, 2.05) is 32.2 Å². The fraction of sp³-hybridized carbons (Fsp3) is 0.222. The summed E-state index contributed by atoms with van der Waals surface area (Å²) in [5.74, 6) is 1.08. The summed E-state index contributed by atoms with van der Waals surface area (Å²) in [4.78, 5) is 10.3. The Bertz CT molecular complexity index is 731. The summed E-state index contributed by atoms with van der Waals surface area (Å²) < 4.78 is 15.0. The van der Waals surface area contributed by atoms with Crippen LogP contribution in [0.4, 0.5) is 10.2 Å². The Morgan fingerprint density at radius 3 is 2.83 bits per heavy atom. The van der Waals surface area contributed by atoms with Crippen LogP contribution < -0.4 is 10.2 Å². The van der Waals surface area contributed by atoms with Crippen LogP contribution in [-0.2, 0) is 0 Å². The molecule has 2 aliphatic rings. The quantitative estimate of drug-likeness (QED) is 0.915. The van der Waals surface area contributed by atoms with E-state index in [4.69, 9.17) is 0 Å². The molecule has 3 rings (SSSR count). The van der Waals surface area contributed by atoms with Crippen LogP contribution in [0.3, 0.4) is 0 Å². The average molecular weight is 310 g/mol. The third-order valence-electron chi connectivity index (χ3n) is 3.79. The van der Waals surface area contributed by atoms with Crippen molar-refractivity contribution in [3.05, 3.63) is 66.7 Å². The lowest BCUT2D eigenvalue weighted by atomic mass is 9.93. The van der Waals surface area contributed by atoms with Crippen LogP contribution >= 0.6 is 0 Å². The van der Waals surface area contributed by atoms with E-state index >= 15 is 4.39 Å². The number of aromatic nitrogens is 1. The second kappa shape index (κ2) is 6.60. The predicted octanol–water partition coefficient (Wildman–Crippen LogP) is 3.97. The maximum Gasteiger partial charge on any atom is 0.173 e. The molecule has 0 radical (unpaired) electrons. The third kappa shape index (κ3) is 2.95. The Morgan fingerprint density at radius 2 is 2.09 bits per heavy atom. The zero-order valence-electron chi connectivity index (χ0n) is 13.2. The van der Waals surface area contributed by atoms with Gasteiger partial charge < -0.3 is 10.2 Å². The van der Waals surface area contributed by atoms with Crippen LogP contribution in [0.25, 0.3) is 5.57 Å². The predicted molar refractivity (Wildman–Crippen MR) is 92.1 cm³/mol. The summed E-state index contributed by atoms with van der Waals surface area (Å²) in [6.45, 7) is 3.77. The minimum Gasteiger partial charge on any atom is -0.350 e. The van der Waals surface area contributed by atoms with Crippen molar-refractivity contribution in [1.82, 2.24) is 10.3 Å². The van der Waals surface area contributed by atoms with Gasteiger partial charge in [0.15, 0.2) is 11.6 Å². The number of nitrogens with zero attached hydrogens (tertiary/aromatic N) is 3. The fourth-order valence-corrected chi connectivity index (χ4v) is 2.73. The van der Waals surface area contributed by atoms with Gasteiger partial charge in [-0.15, -0.1) is 0 Å². The highest BCUT2D eigenvalue weighted by Crippen LogP contribution is 2.33. The number of aliphatic imine (C=N–C) groups is 1. The van der Waals surface area contributed by atoms with Gasteiger partial charge in [0.05, 0.1) is 0 Å². The van der Waals surface area contributed by atoms with E-state index in [9.17, 15) is 0 Å². The van der Waals surface area contributed by atoms with Gasteiger partial charge in [-0.2, -0.15) is 0 Å². The van der Waals surface area contributed by atoms with Gasteiger partial charge in [-0.25, -0.2) is 14.4 Å². The normalized spacial score (nSPS) is 19.7. The molecule has 0 aromatic carbocycles. The van der Waals surface area contributed by atoms with Crippen LogP contribution in [-0.4, -0.2) is 10.8 Å². The number of amidine groups is 1. The Kier molecular flexibility index (Phi) is 4.37. The molecular formula is C18H19FN4. The summed E-state index contributed by atoms with van der Waals surface area (Å²) in [5, 5.41) is 3.10. The Balaban J connectivity index is 1.99. The topological polar surface area (TPSA) is 40.5 Å². The number of pyridine rings is 1. The molecule has 0 aliphatic carbocycles. The minimum absolute atomic E-state index is 0.202. The van der Waals surface area contributed by atoms with Crippen LogP contribution in [0, 0.1) is 11.7 Å². The van der Waals surface area contributed by atoms with Crippen molar-refractivity contribution in [1.29, 1.82) is 0 Å². The second-order valence-electron chi connectivity index (χ2n) is 5.35. The van der Waals surface area contributed by atoms with Crippen molar-refractivity contribution in [2.45, 2.75) is 20.3 Å². The molecule has 1 unspecified atom stereocenters. The van der Waals surface area contributed by atoms with Gasteiger partial charge in [-0.1, -0.05) is 18.2 Å². The van der Waals surface area contributed by atoms with Gasteiger partial charge in [0, 0.05) is 36.3 Å². The highest BCUT2D eigenvalue weighted by Gasteiger charge is 2.25. The molecule has 0 saturated carbocycles. The highest BCUT2D eigenvalue weighted by atomic mass is 19.1. The SMILES string of the molecule is C/C=C\N(/C=C\C)c1nccc(C2=CN=C3NC=CC3C2)c1F. The largest absolute Gasteiger partial charge is 0.350 e. The van der Waals surface area contributed by atoms with E-state index in [1.54, 1.807) is 35.8 Å². The molecule has 4 nitrogen and oxygen atoms in total. The van der Waals surface area contributed by atoms with Crippen molar-refractivity contribution in [3.8, 4) is 0 Å². The number of hydrogen-bond donors (Lipinski definition) is 1. The molecule has 2 aliphatic heterocycles. The molecule has 1 atom stereocenters. The van der Waals surface area contributed by atoms with Crippen LogP contribution in [0.2, 0.25) is 0 Å². The lowest BCUT2D eigenvalue weighted by Gasteiger charge is -2.20. The number of anilines is 1. The number of allylic oxidation sites excluding steroid dienone is 3. The molecule has 3 heterocycles. The number of nitrogens with one attached hydrogen (secondary N) is 1. The monoisotopic (exact) mass is 310 g/mol. The van der Waals surface area contributed by atoms with Gasteiger partial charge in [-0.05, 0) is 38.1 Å². The van der Waals surface area contributed by atoms with Crippen LogP contribution in [0.15, 0.2) is 60.3 Å². The smallest absolute Gasteiger partial charge is 0.173 e. The van der Waals surface area contributed by atoms with Crippen LogP contribution in [0.1, 0.15) is 25.8 Å². The van der Waals surface area contributed by atoms with Crippen molar-refractivity contribution in [2.75, 3.05) is 4.90 Å². The standard InChI is InChI=1S/C18H19FN4/c1-3-9-23(10-4-2)18-16(19)15(6-8-21-18)14-11-13-5-7-20-17(13)22-12-14/h3-10,12-13H,11H2,1-2H3,(H,20,22)/b9-3-,10-4-. The average Bonchev–Trinajstić information content (AvgIpc) is 3.02. The van der Waals surface area contributed by atoms with Crippen molar-refractivity contribution >= 4 is 17.2 Å². The zero-order valence-corrected chi connectivity index (χ0v) is 13.2. The Morgan fingerprint density at radius 1 is 1.30 bits per heavy atom. The first-order valence-electron chi connectivity index (χ1n) is 7.63. The molecule has 1 N–H and O–H groups in total. The molecule has 1 aromatic rings. The van der Waals surface area contributed by atoms with Gasteiger partial charge in [0.1, 0.15) is 5.84 Å². The molecule has 0 bridgehead atoms. The molecule has 23 heavy (non-hydrogen) atoms. The van der Waals surface area contributed by atoms with E-state index in [-0.39, 0.29) is 17.6 Å². The maximum absolute atomic E-state index is 15.0. The van der Waals surface area contributed by atoms with Crippen molar-refractivity contribution < 1.29 is 4.39 Å². The van der Waals surface area contributed by atoms with E-state index < -0.39 is 0 Å². The lowest BCUT2D eigenvalue weighted by Crippen LogP contribution is -2.22. The first-order chi connectivity index (χ1) is 11.2. The van der Waals surface area contributed by atoms with Crippen LogP contribution in [0.5, 0.6) is 0 Å². The van der Waals surface area contributed by atoms with E-state index in [0.29, 0.717) is 5.56 Å². The Hall–Kier alpha value is -2.69. The number of hydrogen-bond acceptors (Lipinski definition) is 4. The number of rotatable bonds is 4. The van der Waals surface area contributed by atoms with Gasteiger partial charge in [0.25, 0.3) is 0 Å². The molecule has 0 amide bonds. The molecule has 1 aromatic heterocycles. The summed E-state index contributed by atoms with van der Waals surface area (Å²) in [6.07, 6.45) is 15.3. The second-order valence-corrected chi connectivity index (χ2v) is 5.35. The third-order valence-corrected chi connectivity index (χ3v) is 3.79. The molecule has 0 fully saturated rings. The fourth-order valence-electron chi connectivity index (χ4n) is 2.73.